The molecule has 19 heavy (non-hydrogen) atoms. The predicted molar refractivity (Wildman–Crippen MR) is 80.1 cm³/mol. The van der Waals surface area contributed by atoms with Gasteiger partial charge in [-0.2, -0.15) is 0 Å². The summed E-state index contributed by atoms with van der Waals surface area (Å²) >= 11 is 3.43. The Bertz CT molecular complexity index is 415. The van der Waals surface area contributed by atoms with Crippen LogP contribution in [0.2, 0.25) is 0 Å². The molecule has 0 saturated heterocycles. The van der Waals surface area contributed by atoms with Crippen LogP contribution in [0.15, 0.2) is 24.3 Å². The fourth-order valence-corrected chi connectivity index (χ4v) is 2.65. The Morgan fingerprint density at radius 2 is 2.05 bits per heavy atom. The molecule has 104 valence electrons. The number of ether oxygens (including phenoxy) is 1. The lowest BCUT2D eigenvalue weighted by atomic mass is 9.91. The molecule has 1 aliphatic carbocycles. The maximum atomic E-state index is 12.5. The van der Waals surface area contributed by atoms with Crippen molar-refractivity contribution in [1.82, 2.24) is 4.90 Å². The van der Waals surface area contributed by atoms with E-state index in [0.29, 0.717) is 12.6 Å². The molecule has 0 aromatic heterocycles. The van der Waals surface area contributed by atoms with Crippen LogP contribution in [0.4, 0.5) is 0 Å². The summed E-state index contributed by atoms with van der Waals surface area (Å²) in [6, 6.07) is 7.87. The van der Waals surface area contributed by atoms with E-state index in [4.69, 9.17) is 4.74 Å². The van der Waals surface area contributed by atoms with E-state index >= 15 is 0 Å². The number of alkyl halides is 1. The highest BCUT2D eigenvalue weighted by molar-refractivity contribution is 9.09. The maximum Gasteiger partial charge on any atom is 0.254 e. The van der Waals surface area contributed by atoms with E-state index in [1.807, 2.05) is 36.1 Å². The van der Waals surface area contributed by atoms with Crippen LogP contribution in [0, 0.1) is 0 Å². The summed E-state index contributed by atoms with van der Waals surface area (Å²) < 4.78 is 5.40. The molecule has 0 heterocycles. The standard InChI is InChI=1S/C15H20BrNO2/c1-2-19-14-8-6-12(7-9-14)15(18)17(11-10-16)13-4-3-5-13/h6-9,13H,2-5,10-11H2,1H3. The quantitative estimate of drug-likeness (QED) is 0.749. The molecule has 4 heteroatoms. The number of carbonyl (C=O) groups is 1. The van der Waals surface area contributed by atoms with Crippen LogP contribution in [0.3, 0.4) is 0 Å². The average molecular weight is 326 g/mol. The summed E-state index contributed by atoms with van der Waals surface area (Å²) in [6.07, 6.45) is 3.51. The number of nitrogens with zero attached hydrogens (tertiary/aromatic N) is 1. The minimum Gasteiger partial charge on any atom is -0.494 e. The highest BCUT2D eigenvalue weighted by Crippen LogP contribution is 2.26. The molecule has 0 bridgehead atoms. The topological polar surface area (TPSA) is 29.5 Å². The van der Waals surface area contributed by atoms with Crippen molar-refractivity contribution in [1.29, 1.82) is 0 Å². The highest BCUT2D eigenvalue weighted by Gasteiger charge is 2.28. The van der Waals surface area contributed by atoms with Gasteiger partial charge >= 0.3 is 0 Å². The lowest BCUT2D eigenvalue weighted by molar-refractivity contribution is 0.0599. The Morgan fingerprint density at radius 3 is 2.53 bits per heavy atom. The van der Waals surface area contributed by atoms with Gasteiger partial charge in [0, 0.05) is 23.5 Å². The smallest absolute Gasteiger partial charge is 0.254 e. The minimum atomic E-state index is 0.132. The van der Waals surface area contributed by atoms with Gasteiger partial charge in [0.15, 0.2) is 0 Å². The maximum absolute atomic E-state index is 12.5. The minimum absolute atomic E-state index is 0.132. The third-order valence-electron chi connectivity index (χ3n) is 3.51. The summed E-state index contributed by atoms with van der Waals surface area (Å²) in [7, 11) is 0. The Balaban J connectivity index is 2.07. The number of carbonyl (C=O) groups excluding carboxylic acids is 1. The summed E-state index contributed by atoms with van der Waals surface area (Å²) in [5.41, 5.74) is 0.747. The molecule has 1 fully saturated rings. The van der Waals surface area contributed by atoms with Gasteiger partial charge in [0.25, 0.3) is 5.91 Å². The van der Waals surface area contributed by atoms with Crippen LogP contribution in [0.5, 0.6) is 5.75 Å². The normalized spacial score (nSPS) is 14.8. The molecule has 0 unspecified atom stereocenters. The van der Waals surface area contributed by atoms with Gasteiger partial charge in [-0.05, 0) is 50.5 Å². The van der Waals surface area contributed by atoms with Gasteiger partial charge in [-0.1, -0.05) is 15.9 Å². The van der Waals surface area contributed by atoms with E-state index in [0.717, 1.165) is 36.0 Å². The molecule has 0 N–H and O–H groups in total. The second-order valence-corrected chi connectivity index (χ2v) is 5.52. The van der Waals surface area contributed by atoms with E-state index in [-0.39, 0.29) is 5.91 Å². The van der Waals surface area contributed by atoms with Crippen molar-refractivity contribution in [2.24, 2.45) is 0 Å². The van der Waals surface area contributed by atoms with Crippen molar-refractivity contribution in [3.8, 4) is 5.75 Å². The number of halogens is 1. The number of hydrogen-bond acceptors (Lipinski definition) is 2. The van der Waals surface area contributed by atoms with Gasteiger partial charge in [-0.25, -0.2) is 0 Å². The van der Waals surface area contributed by atoms with Crippen molar-refractivity contribution in [3.63, 3.8) is 0 Å². The Kier molecular flexibility index (Phi) is 5.25. The second kappa shape index (κ2) is 6.94. The van der Waals surface area contributed by atoms with Crippen molar-refractivity contribution < 1.29 is 9.53 Å². The van der Waals surface area contributed by atoms with E-state index in [2.05, 4.69) is 15.9 Å². The van der Waals surface area contributed by atoms with Crippen molar-refractivity contribution in [3.05, 3.63) is 29.8 Å². The molecule has 1 amide bonds. The first-order valence-corrected chi connectivity index (χ1v) is 7.98. The number of amides is 1. The van der Waals surface area contributed by atoms with E-state index in [1.165, 1.54) is 6.42 Å². The van der Waals surface area contributed by atoms with Crippen LogP contribution < -0.4 is 4.74 Å². The summed E-state index contributed by atoms with van der Waals surface area (Å²) in [6.45, 7) is 3.37. The predicted octanol–water partition coefficient (Wildman–Crippen LogP) is 3.47. The van der Waals surface area contributed by atoms with Gasteiger partial charge in [0.2, 0.25) is 0 Å². The third kappa shape index (κ3) is 3.50. The zero-order chi connectivity index (χ0) is 13.7. The Hall–Kier alpha value is -1.03. The molecule has 1 saturated carbocycles. The SMILES string of the molecule is CCOc1ccc(C(=O)N(CCBr)C2CCC2)cc1. The van der Waals surface area contributed by atoms with Crippen LogP contribution in [0.25, 0.3) is 0 Å². The second-order valence-electron chi connectivity index (χ2n) is 4.73. The molecule has 1 aromatic carbocycles. The van der Waals surface area contributed by atoms with Crippen LogP contribution in [-0.4, -0.2) is 35.3 Å². The van der Waals surface area contributed by atoms with Gasteiger partial charge in [0.1, 0.15) is 5.75 Å². The van der Waals surface area contributed by atoms with Crippen LogP contribution in [0.1, 0.15) is 36.5 Å². The molecule has 3 nitrogen and oxygen atoms in total. The molecular formula is C15H20BrNO2. The van der Waals surface area contributed by atoms with Crippen molar-refractivity contribution in [2.75, 3.05) is 18.5 Å². The fraction of sp³-hybridized carbons (Fsp3) is 0.533. The van der Waals surface area contributed by atoms with Gasteiger partial charge in [0.05, 0.1) is 6.61 Å². The van der Waals surface area contributed by atoms with E-state index < -0.39 is 0 Å². The zero-order valence-electron chi connectivity index (χ0n) is 11.3. The highest BCUT2D eigenvalue weighted by atomic mass is 79.9. The number of benzene rings is 1. The van der Waals surface area contributed by atoms with Gasteiger partial charge in [-0.3, -0.25) is 4.79 Å². The lowest BCUT2D eigenvalue weighted by Crippen LogP contribution is -2.45. The molecular weight excluding hydrogens is 306 g/mol. The first-order chi connectivity index (χ1) is 9.26. The molecule has 0 aliphatic heterocycles. The lowest BCUT2D eigenvalue weighted by Gasteiger charge is -2.37. The Labute approximate surface area is 123 Å². The van der Waals surface area contributed by atoms with E-state index in [9.17, 15) is 4.79 Å². The van der Waals surface area contributed by atoms with Gasteiger partial charge in [-0.15, -0.1) is 0 Å². The summed E-state index contributed by atoms with van der Waals surface area (Å²) in [5.74, 6) is 0.946. The summed E-state index contributed by atoms with van der Waals surface area (Å²) in [4.78, 5) is 14.5. The van der Waals surface area contributed by atoms with E-state index in [1.54, 1.807) is 0 Å². The van der Waals surface area contributed by atoms with Crippen LogP contribution in [-0.2, 0) is 0 Å². The first kappa shape index (κ1) is 14.4. The largest absolute Gasteiger partial charge is 0.494 e. The third-order valence-corrected chi connectivity index (χ3v) is 3.87. The summed E-state index contributed by atoms with van der Waals surface area (Å²) in [5, 5.41) is 0.826. The van der Waals surface area contributed by atoms with Gasteiger partial charge < -0.3 is 9.64 Å². The van der Waals surface area contributed by atoms with Crippen LogP contribution >= 0.6 is 15.9 Å². The zero-order valence-corrected chi connectivity index (χ0v) is 12.9. The molecule has 0 atom stereocenters. The number of rotatable bonds is 6. The fourth-order valence-electron chi connectivity index (χ4n) is 2.27. The average Bonchev–Trinajstić information content (AvgIpc) is 2.37. The molecule has 0 spiro atoms. The molecule has 0 radical (unpaired) electrons. The molecule has 1 aromatic rings. The molecule has 2 rings (SSSR count). The molecule has 1 aliphatic rings. The number of hydrogen-bond donors (Lipinski definition) is 0. The van der Waals surface area contributed by atoms with Crippen molar-refractivity contribution in [2.45, 2.75) is 32.2 Å². The first-order valence-electron chi connectivity index (χ1n) is 6.86. The van der Waals surface area contributed by atoms with Crippen molar-refractivity contribution >= 4 is 21.8 Å². The Morgan fingerprint density at radius 1 is 1.37 bits per heavy atom. The monoisotopic (exact) mass is 325 g/mol.